The molecule has 0 amide bonds. The van der Waals surface area contributed by atoms with E-state index < -0.39 is 0 Å². The molecule has 102 valence electrons. The van der Waals surface area contributed by atoms with Gasteiger partial charge in [-0.2, -0.15) is 0 Å². The quantitative estimate of drug-likeness (QED) is 0.638. The van der Waals surface area contributed by atoms with Crippen LogP contribution in [-0.2, 0) is 0 Å². The van der Waals surface area contributed by atoms with E-state index in [1.54, 1.807) is 0 Å². The van der Waals surface area contributed by atoms with Gasteiger partial charge in [0.15, 0.2) is 0 Å². The molecular weight excluding hydrogens is 212 g/mol. The van der Waals surface area contributed by atoms with Crippen LogP contribution in [0.15, 0.2) is 0 Å². The predicted molar refractivity (Wildman–Crippen MR) is 73.3 cm³/mol. The van der Waals surface area contributed by atoms with E-state index in [-0.39, 0.29) is 5.41 Å². The largest absolute Gasteiger partial charge is 0.396 e. The zero-order valence-corrected chi connectivity index (χ0v) is 11.7. The summed E-state index contributed by atoms with van der Waals surface area (Å²) in [5.41, 5.74) is 0.0991. The van der Waals surface area contributed by atoms with Crippen molar-refractivity contribution in [2.45, 2.75) is 46.0 Å². The standard InChI is InChI=1S/C14H30N2O/c1-3-14(4-2,13-17)12-15-8-11-16-9-6-5-7-10-16/h15,17H,3-13H2,1-2H3. The Balaban J connectivity index is 2.13. The first-order valence-corrected chi connectivity index (χ1v) is 7.30. The third kappa shape index (κ3) is 4.94. The normalized spacial score (nSPS) is 18.5. The minimum atomic E-state index is 0.0991. The van der Waals surface area contributed by atoms with Crippen molar-refractivity contribution in [1.29, 1.82) is 0 Å². The van der Waals surface area contributed by atoms with Crippen LogP contribution in [0, 0.1) is 5.41 Å². The second-order valence-corrected chi connectivity index (χ2v) is 5.44. The van der Waals surface area contributed by atoms with Crippen LogP contribution in [0.5, 0.6) is 0 Å². The summed E-state index contributed by atoms with van der Waals surface area (Å²) in [4.78, 5) is 2.55. The Morgan fingerprint density at radius 2 is 1.76 bits per heavy atom. The van der Waals surface area contributed by atoms with Gasteiger partial charge in [0.25, 0.3) is 0 Å². The molecule has 1 rings (SSSR count). The van der Waals surface area contributed by atoms with Gasteiger partial charge in [-0.25, -0.2) is 0 Å². The highest BCUT2D eigenvalue weighted by Gasteiger charge is 2.24. The monoisotopic (exact) mass is 242 g/mol. The maximum absolute atomic E-state index is 9.47. The van der Waals surface area contributed by atoms with Crippen LogP contribution >= 0.6 is 0 Å². The lowest BCUT2D eigenvalue weighted by atomic mass is 9.83. The SMILES string of the molecule is CCC(CC)(CO)CNCCN1CCCCC1. The summed E-state index contributed by atoms with van der Waals surface area (Å²) in [7, 11) is 0. The fourth-order valence-electron chi connectivity index (χ4n) is 2.55. The van der Waals surface area contributed by atoms with Crippen LogP contribution in [0.3, 0.4) is 0 Å². The van der Waals surface area contributed by atoms with Crippen molar-refractivity contribution in [2.24, 2.45) is 5.41 Å². The number of rotatable bonds is 8. The summed E-state index contributed by atoms with van der Waals surface area (Å²) in [5.74, 6) is 0. The molecule has 17 heavy (non-hydrogen) atoms. The third-order valence-electron chi connectivity index (χ3n) is 4.39. The van der Waals surface area contributed by atoms with Gasteiger partial charge in [0.1, 0.15) is 0 Å². The van der Waals surface area contributed by atoms with Crippen molar-refractivity contribution in [3.05, 3.63) is 0 Å². The highest BCUT2D eigenvalue weighted by atomic mass is 16.3. The summed E-state index contributed by atoms with van der Waals surface area (Å²) >= 11 is 0. The van der Waals surface area contributed by atoms with Crippen LogP contribution in [0.1, 0.15) is 46.0 Å². The Morgan fingerprint density at radius 3 is 2.29 bits per heavy atom. The van der Waals surface area contributed by atoms with Gasteiger partial charge in [0.05, 0.1) is 0 Å². The Labute approximate surface area is 107 Å². The van der Waals surface area contributed by atoms with Gasteiger partial charge in [-0.3, -0.25) is 0 Å². The molecule has 1 saturated heterocycles. The molecule has 3 nitrogen and oxygen atoms in total. The van der Waals surface area contributed by atoms with Gasteiger partial charge in [-0.05, 0) is 38.8 Å². The summed E-state index contributed by atoms with van der Waals surface area (Å²) < 4.78 is 0. The number of hydrogen-bond donors (Lipinski definition) is 2. The van der Waals surface area contributed by atoms with Gasteiger partial charge in [0.2, 0.25) is 0 Å². The first kappa shape index (κ1) is 14.9. The van der Waals surface area contributed by atoms with Crippen molar-refractivity contribution in [1.82, 2.24) is 10.2 Å². The molecule has 0 aliphatic carbocycles. The molecular formula is C14H30N2O. The molecule has 0 bridgehead atoms. The highest BCUT2D eigenvalue weighted by Crippen LogP contribution is 2.24. The van der Waals surface area contributed by atoms with E-state index in [2.05, 4.69) is 24.1 Å². The predicted octanol–water partition coefficient (Wildman–Crippen LogP) is 1.86. The maximum atomic E-state index is 9.47. The van der Waals surface area contributed by atoms with E-state index >= 15 is 0 Å². The van der Waals surface area contributed by atoms with E-state index in [1.165, 1.54) is 32.4 Å². The van der Waals surface area contributed by atoms with Gasteiger partial charge >= 0.3 is 0 Å². The second-order valence-electron chi connectivity index (χ2n) is 5.44. The molecule has 2 N–H and O–H groups in total. The van der Waals surface area contributed by atoms with E-state index in [1.807, 2.05) is 0 Å². The zero-order valence-electron chi connectivity index (χ0n) is 11.7. The molecule has 0 saturated carbocycles. The molecule has 1 aliphatic rings. The molecule has 1 fully saturated rings. The number of aliphatic hydroxyl groups excluding tert-OH is 1. The van der Waals surface area contributed by atoms with Crippen LogP contribution in [0.25, 0.3) is 0 Å². The minimum absolute atomic E-state index is 0.0991. The van der Waals surface area contributed by atoms with E-state index in [0.29, 0.717) is 6.61 Å². The Bertz CT molecular complexity index is 178. The smallest absolute Gasteiger partial charge is 0.0499 e. The lowest BCUT2D eigenvalue weighted by Crippen LogP contribution is -2.41. The lowest BCUT2D eigenvalue weighted by Gasteiger charge is -2.31. The molecule has 1 aliphatic heterocycles. The Morgan fingerprint density at radius 1 is 1.12 bits per heavy atom. The topological polar surface area (TPSA) is 35.5 Å². The number of hydrogen-bond acceptors (Lipinski definition) is 3. The van der Waals surface area contributed by atoms with Gasteiger partial charge in [-0.1, -0.05) is 20.3 Å². The van der Waals surface area contributed by atoms with Crippen LogP contribution < -0.4 is 5.32 Å². The van der Waals surface area contributed by atoms with E-state index in [0.717, 1.165) is 32.5 Å². The molecule has 0 unspecified atom stereocenters. The molecule has 0 spiro atoms. The van der Waals surface area contributed by atoms with Crippen LogP contribution in [-0.4, -0.2) is 49.3 Å². The minimum Gasteiger partial charge on any atom is -0.396 e. The average Bonchev–Trinajstić information content (AvgIpc) is 2.41. The highest BCUT2D eigenvalue weighted by molar-refractivity contribution is 4.78. The third-order valence-corrected chi connectivity index (χ3v) is 4.39. The van der Waals surface area contributed by atoms with Crippen molar-refractivity contribution < 1.29 is 5.11 Å². The molecule has 0 aromatic heterocycles. The van der Waals surface area contributed by atoms with Gasteiger partial charge < -0.3 is 15.3 Å². The molecule has 0 aromatic rings. The van der Waals surface area contributed by atoms with Crippen molar-refractivity contribution in [3.63, 3.8) is 0 Å². The number of aliphatic hydroxyl groups is 1. The van der Waals surface area contributed by atoms with Crippen molar-refractivity contribution in [3.8, 4) is 0 Å². The molecule has 0 atom stereocenters. The molecule has 0 aromatic carbocycles. The average molecular weight is 242 g/mol. The lowest BCUT2D eigenvalue weighted by molar-refractivity contribution is 0.111. The van der Waals surface area contributed by atoms with E-state index in [4.69, 9.17) is 0 Å². The first-order valence-electron chi connectivity index (χ1n) is 7.30. The summed E-state index contributed by atoms with van der Waals surface area (Å²) in [6.07, 6.45) is 6.24. The van der Waals surface area contributed by atoms with Crippen LogP contribution in [0.4, 0.5) is 0 Å². The number of piperidine rings is 1. The number of likely N-dealkylation sites (tertiary alicyclic amines) is 1. The number of nitrogens with zero attached hydrogens (tertiary/aromatic N) is 1. The Hall–Kier alpha value is -0.120. The fourth-order valence-corrected chi connectivity index (χ4v) is 2.55. The van der Waals surface area contributed by atoms with Crippen molar-refractivity contribution in [2.75, 3.05) is 39.3 Å². The van der Waals surface area contributed by atoms with Crippen molar-refractivity contribution >= 4 is 0 Å². The van der Waals surface area contributed by atoms with Gasteiger partial charge in [-0.15, -0.1) is 0 Å². The maximum Gasteiger partial charge on any atom is 0.0499 e. The summed E-state index contributed by atoms with van der Waals surface area (Å²) in [6, 6.07) is 0. The van der Waals surface area contributed by atoms with Gasteiger partial charge in [0, 0.05) is 31.7 Å². The summed E-state index contributed by atoms with van der Waals surface area (Å²) in [5, 5.41) is 13.0. The second kappa shape index (κ2) is 8.06. The first-order chi connectivity index (χ1) is 8.26. The molecule has 1 heterocycles. The zero-order chi connectivity index (χ0) is 12.6. The molecule has 3 heteroatoms. The van der Waals surface area contributed by atoms with E-state index in [9.17, 15) is 5.11 Å². The summed E-state index contributed by atoms with van der Waals surface area (Å²) in [6.45, 7) is 10.4. The fraction of sp³-hybridized carbons (Fsp3) is 1.00. The number of nitrogens with one attached hydrogen (secondary N) is 1. The molecule has 0 radical (unpaired) electrons. The Kier molecular flexibility index (Phi) is 7.09. The van der Waals surface area contributed by atoms with Crippen LogP contribution in [0.2, 0.25) is 0 Å².